The van der Waals surface area contributed by atoms with Crippen LogP contribution in [0, 0.1) is 6.92 Å². The molecule has 1 aliphatic carbocycles. The van der Waals surface area contributed by atoms with Crippen LogP contribution in [0.15, 0.2) is 78.9 Å². The molecular formula is C30H33ClN2O2. The second kappa shape index (κ2) is 12.0. The van der Waals surface area contributed by atoms with Crippen molar-refractivity contribution < 1.29 is 9.59 Å². The highest BCUT2D eigenvalue weighted by Gasteiger charge is 2.32. The van der Waals surface area contributed by atoms with Crippen LogP contribution in [0.1, 0.15) is 47.9 Å². The molecule has 1 aliphatic rings. The van der Waals surface area contributed by atoms with Gasteiger partial charge in [-0.05, 0) is 54.2 Å². The minimum Gasteiger partial charge on any atom is -0.352 e. The average molecular weight is 489 g/mol. The number of benzene rings is 3. The molecular weight excluding hydrogens is 456 g/mol. The van der Waals surface area contributed by atoms with Crippen LogP contribution in [-0.2, 0) is 29.0 Å². The van der Waals surface area contributed by atoms with Gasteiger partial charge in [-0.3, -0.25) is 9.59 Å². The topological polar surface area (TPSA) is 49.4 Å². The van der Waals surface area contributed by atoms with Crippen LogP contribution < -0.4 is 5.32 Å². The summed E-state index contributed by atoms with van der Waals surface area (Å²) in [4.78, 5) is 29.3. The maximum Gasteiger partial charge on any atom is 0.243 e. The zero-order valence-electron chi connectivity index (χ0n) is 20.3. The highest BCUT2D eigenvalue weighted by Crippen LogP contribution is 2.22. The molecule has 35 heavy (non-hydrogen) atoms. The van der Waals surface area contributed by atoms with E-state index in [1.54, 1.807) is 11.0 Å². The highest BCUT2D eigenvalue weighted by atomic mass is 35.5. The lowest BCUT2D eigenvalue weighted by Gasteiger charge is -2.33. The van der Waals surface area contributed by atoms with E-state index in [4.69, 9.17) is 11.6 Å². The number of rotatable bonds is 9. The third kappa shape index (κ3) is 6.95. The predicted molar refractivity (Wildman–Crippen MR) is 141 cm³/mol. The maximum atomic E-state index is 13.8. The van der Waals surface area contributed by atoms with Gasteiger partial charge in [-0.2, -0.15) is 0 Å². The summed E-state index contributed by atoms with van der Waals surface area (Å²) in [5.41, 5.74) is 4.01. The van der Waals surface area contributed by atoms with Crippen molar-refractivity contribution in [3.63, 3.8) is 0 Å². The highest BCUT2D eigenvalue weighted by molar-refractivity contribution is 6.30. The molecule has 2 amide bonds. The molecule has 1 fully saturated rings. The van der Waals surface area contributed by atoms with E-state index in [2.05, 4.69) is 5.32 Å². The van der Waals surface area contributed by atoms with Crippen molar-refractivity contribution >= 4 is 23.4 Å². The smallest absolute Gasteiger partial charge is 0.243 e. The lowest BCUT2D eigenvalue weighted by atomic mass is 10.00. The zero-order chi connectivity index (χ0) is 24.6. The Labute approximate surface area is 213 Å². The van der Waals surface area contributed by atoms with Crippen molar-refractivity contribution in [1.82, 2.24) is 10.2 Å². The summed E-state index contributed by atoms with van der Waals surface area (Å²) in [5.74, 6) is -0.160. The lowest BCUT2D eigenvalue weighted by molar-refractivity contribution is -0.141. The van der Waals surface area contributed by atoms with Crippen LogP contribution in [0.4, 0.5) is 0 Å². The van der Waals surface area contributed by atoms with Gasteiger partial charge in [0.2, 0.25) is 11.8 Å². The van der Waals surface area contributed by atoms with Gasteiger partial charge in [-0.25, -0.2) is 0 Å². The van der Waals surface area contributed by atoms with Gasteiger partial charge in [0.1, 0.15) is 6.04 Å². The summed E-state index contributed by atoms with van der Waals surface area (Å²) in [5, 5.41) is 3.85. The summed E-state index contributed by atoms with van der Waals surface area (Å²) in [7, 11) is 0. The summed E-state index contributed by atoms with van der Waals surface area (Å²) in [6, 6.07) is 24.9. The molecule has 1 atom stereocenters. The Bertz CT molecular complexity index is 1140. The van der Waals surface area contributed by atoms with Crippen molar-refractivity contribution in [1.29, 1.82) is 0 Å². The third-order valence-electron chi connectivity index (χ3n) is 6.82. The van der Waals surface area contributed by atoms with Crippen LogP contribution >= 0.6 is 11.6 Å². The molecule has 5 heteroatoms. The number of nitrogens with one attached hydrogen (secondary N) is 1. The molecule has 4 rings (SSSR count). The lowest BCUT2D eigenvalue weighted by Crippen LogP contribution is -2.52. The summed E-state index contributed by atoms with van der Waals surface area (Å²) in [6.45, 7) is 2.42. The van der Waals surface area contributed by atoms with Gasteiger partial charge < -0.3 is 10.2 Å². The molecule has 0 spiro atoms. The van der Waals surface area contributed by atoms with E-state index < -0.39 is 6.04 Å². The molecule has 0 aliphatic heterocycles. The Morgan fingerprint density at radius 3 is 2.34 bits per heavy atom. The molecule has 0 unspecified atom stereocenters. The van der Waals surface area contributed by atoms with E-state index in [1.807, 2.05) is 79.7 Å². The maximum absolute atomic E-state index is 13.8. The normalized spacial score (nSPS) is 14.5. The zero-order valence-corrected chi connectivity index (χ0v) is 21.0. The van der Waals surface area contributed by atoms with E-state index in [1.165, 1.54) is 0 Å². The Balaban J connectivity index is 1.67. The van der Waals surface area contributed by atoms with Gasteiger partial charge in [0.25, 0.3) is 0 Å². The Morgan fingerprint density at radius 2 is 1.63 bits per heavy atom. The third-order valence-corrected chi connectivity index (χ3v) is 7.05. The minimum absolute atomic E-state index is 0.0752. The number of nitrogens with zero attached hydrogens (tertiary/aromatic N) is 1. The first-order valence-electron chi connectivity index (χ1n) is 12.4. The number of hydrogen-bond acceptors (Lipinski definition) is 2. The van der Waals surface area contributed by atoms with Crippen LogP contribution in [0.5, 0.6) is 0 Å². The largest absolute Gasteiger partial charge is 0.352 e. The van der Waals surface area contributed by atoms with Gasteiger partial charge in [-0.15, -0.1) is 0 Å². The number of aryl methyl sites for hydroxylation is 1. The van der Waals surface area contributed by atoms with E-state index in [0.717, 1.165) is 47.9 Å². The van der Waals surface area contributed by atoms with Crippen LogP contribution in [0.25, 0.3) is 0 Å². The molecule has 4 nitrogen and oxygen atoms in total. The molecule has 1 N–H and O–H groups in total. The molecule has 3 aromatic rings. The summed E-state index contributed by atoms with van der Waals surface area (Å²) >= 11 is 6.18. The molecule has 0 saturated heterocycles. The number of carbonyl (C=O) groups is 2. The minimum atomic E-state index is -0.607. The van der Waals surface area contributed by atoms with E-state index in [-0.39, 0.29) is 24.3 Å². The first kappa shape index (κ1) is 25.0. The fraction of sp³-hybridized carbons (Fsp3) is 0.333. The van der Waals surface area contributed by atoms with Gasteiger partial charge in [0.05, 0.1) is 6.42 Å². The van der Waals surface area contributed by atoms with Crippen molar-refractivity contribution in [2.24, 2.45) is 0 Å². The van der Waals surface area contributed by atoms with Crippen LogP contribution in [0.3, 0.4) is 0 Å². The first-order chi connectivity index (χ1) is 17.0. The van der Waals surface area contributed by atoms with E-state index >= 15 is 0 Å². The molecule has 0 heterocycles. The summed E-state index contributed by atoms with van der Waals surface area (Å²) in [6.07, 6.45) is 4.92. The monoisotopic (exact) mass is 488 g/mol. The van der Waals surface area contributed by atoms with E-state index in [9.17, 15) is 9.59 Å². The van der Waals surface area contributed by atoms with Gasteiger partial charge in [0.15, 0.2) is 0 Å². The van der Waals surface area contributed by atoms with Crippen molar-refractivity contribution in [3.05, 3.63) is 106 Å². The second-order valence-corrected chi connectivity index (χ2v) is 9.89. The van der Waals surface area contributed by atoms with Gasteiger partial charge >= 0.3 is 0 Å². The molecule has 1 saturated carbocycles. The van der Waals surface area contributed by atoms with E-state index in [0.29, 0.717) is 18.0 Å². The Kier molecular flexibility index (Phi) is 8.59. The molecule has 3 aromatic carbocycles. The standard InChI is InChI=1S/C30H33ClN2O2/c1-22-10-5-6-14-25(22)21-33(29(34)20-24-13-9-15-26(31)18-24)28(19-23-11-3-2-4-12-23)30(35)32-27-16-7-8-17-27/h2-6,9-15,18,27-28H,7-8,16-17,19-21H2,1H3,(H,32,35)/t28-/m1/s1. The number of carbonyl (C=O) groups excluding carboxylic acids is 2. The van der Waals surface area contributed by atoms with Crippen molar-refractivity contribution in [2.45, 2.75) is 64.1 Å². The number of hydrogen-bond donors (Lipinski definition) is 1. The molecule has 0 radical (unpaired) electrons. The van der Waals surface area contributed by atoms with Crippen molar-refractivity contribution in [3.8, 4) is 0 Å². The Morgan fingerprint density at radius 1 is 0.943 bits per heavy atom. The molecule has 0 aromatic heterocycles. The van der Waals surface area contributed by atoms with Crippen LogP contribution in [-0.4, -0.2) is 28.8 Å². The average Bonchev–Trinajstić information content (AvgIpc) is 3.36. The number of amides is 2. The first-order valence-corrected chi connectivity index (χ1v) is 12.8. The fourth-order valence-corrected chi connectivity index (χ4v) is 5.03. The fourth-order valence-electron chi connectivity index (χ4n) is 4.82. The second-order valence-electron chi connectivity index (χ2n) is 9.45. The summed E-state index contributed by atoms with van der Waals surface area (Å²) < 4.78 is 0. The van der Waals surface area contributed by atoms with Crippen molar-refractivity contribution in [2.75, 3.05) is 0 Å². The van der Waals surface area contributed by atoms with Crippen LogP contribution in [0.2, 0.25) is 5.02 Å². The van der Waals surface area contributed by atoms with Gasteiger partial charge in [0, 0.05) is 24.0 Å². The SMILES string of the molecule is Cc1ccccc1CN(C(=O)Cc1cccc(Cl)c1)[C@H](Cc1ccccc1)C(=O)NC1CCCC1. The molecule has 0 bridgehead atoms. The quantitative estimate of drug-likeness (QED) is 0.408. The predicted octanol–water partition coefficient (Wildman–Crippen LogP) is 5.89. The molecule has 182 valence electrons. The van der Waals surface area contributed by atoms with Gasteiger partial charge in [-0.1, -0.05) is 91.2 Å². The Hall–Kier alpha value is -3.11. The number of halogens is 1.